The van der Waals surface area contributed by atoms with Crippen LogP contribution in [0, 0.1) is 5.82 Å². The van der Waals surface area contributed by atoms with Crippen molar-refractivity contribution in [1.82, 2.24) is 9.78 Å². The van der Waals surface area contributed by atoms with E-state index < -0.39 is 0 Å². The van der Waals surface area contributed by atoms with Gasteiger partial charge in [0, 0.05) is 21.8 Å². The average Bonchev–Trinajstić information content (AvgIpc) is 2.90. The van der Waals surface area contributed by atoms with Crippen molar-refractivity contribution in [3.8, 4) is 11.1 Å². The number of halogens is 2. The molecule has 1 heterocycles. The second kappa shape index (κ2) is 5.59. The Morgan fingerprint density at radius 1 is 1.05 bits per heavy atom. The molecule has 0 saturated heterocycles. The van der Waals surface area contributed by atoms with E-state index in [9.17, 15) is 4.39 Å². The van der Waals surface area contributed by atoms with E-state index in [1.54, 1.807) is 18.3 Å². The van der Waals surface area contributed by atoms with Gasteiger partial charge in [-0.15, -0.1) is 0 Å². The van der Waals surface area contributed by atoms with E-state index in [-0.39, 0.29) is 5.82 Å². The fourth-order valence-electron chi connectivity index (χ4n) is 2.06. The molecule has 0 spiro atoms. The largest absolute Gasteiger partial charge is 0.268 e. The first-order valence-corrected chi connectivity index (χ1v) is 7.03. The number of benzene rings is 2. The second-order valence-corrected chi connectivity index (χ2v) is 5.45. The fourth-order valence-corrected chi connectivity index (χ4v) is 2.33. The molecule has 0 aliphatic rings. The highest BCUT2D eigenvalue weighted by Gasteiger charge is 2.06. The molecule has 100 valence electrons. The molecule has 0 aliphatic carbocycles. The van der Waals surface area contributed by atoms with Crippen molar-refractivity contribution >= 4 is 15.9 Å². The van der Waals surface area contributed by atoms with E-state index in [0.29, 0.717) is 12.1 Å². The molecule has 1 aromatic heterocycles. The summed E-state index contributed by atoms with van der Waals surface area (Å²) in [6.07, 6.45) is 3.55. The highest BCUT2D eigenvalue weighted by atomic mass is 79.9. The summed E-state index contributed by atoms with van der Waals surface area (Å²) in [6, 6.07) is 14.8. The maximum absolute atomic E-state index is 13.7. The lowest BCUT2D eigenvalue weighted by atomic mass is 10.1. The molecule has 2 aromatic carbocycles. The maximum atomic E-state index is 13.7. The van der Waals surface area contributed by atoms with Crippen LogP contribution in [0.2, 0.25) is 0 Å². The summed E-state index contributed by atoms with van der Waals surface area (Å²) < 4.78 is 16.6. The highest BCUT2D eigenvalue weighted by Crippen LogP contribution is 2.22. The zero-order valence-electron chi connectivity index (χ0n) is 10.6. The van der Waals surface area contributed by atoms with Crippen LogP contribution in [-0.4, -0.2) is 9.78 Å². The van der Waals surface area contributed by atoms with Crippen LogP contribution in [0.25, 0.3) is 11.1 Å². The van der Waals surface area contributed by atoms with Crippen LogP contribution in [0.4, 0.5) is 4.39 Å². The molecule has 3 aromatic rings. The molecule has 0 saturated carbocycles. The zero-order chi connectivity index (χ0) is 13.9. The van der Waals surface area contributed by atoms with E-state index in [2.05, 4.69) is 21.0 Å². The number of nitrogens with zero attached hydrogens (tertiary/aromatic N) is 2. The molecule has 0 N–H and O–H groups in total. The van der Waals surface area contributed by atoms with Crippen LogP contribution in [0.1, 0.15) is 5.56 Å². The van der Waals surface area contributed by atoms with Gasteiger partial charge in [0.15, 0.2) is 0 Å². The lowest BCUT2D eigenvalue weighted by Crippen LogP contribution is -1.99. The van der Waals surface area contributed by atoms with Gasteiger partial charge in [-0.3, -0.25) is 4.68 Å². The molecule has 0 fully saturated rings. The van der Waals surface area contributed by atoms with Crippen molar-refractivity contribution < 1.29 is 4.39 Å². The molecule has 0 radical (unpaired) electrons. The van der Waals surface area contributed by atoms with E-state index in [1.165, 1.54) is 6.07 Å². The van der Waals surface area contributed by atoms with Crippen molar-refractivity contribution in [2.45, 2.75) is 6.54 Å². The third-order valence-corrected chi connectivity index (χ3v) is 3.60. The highest BCUT2D eigenvalue weighted by molar-refractivity contribution is 9.10. The summed E-state index contributed by atoms with van der Waals surface area (Å²) in [7, 11) is 0. The minimum Gasteiger partial charge on any atom is -0.268 e. The molecule has 20 heavy (non-hydrogen) atoms. The van der Waals surface area contributed by atoms with Gasteiger partial charge in [0.2, 0.25) is 0 Å². The summed E-state index contributed by atoms with van der Waals surface area (Å²) in [5.74, 6) is -0.226. The summed E-state index contributed by atoms with van der Waals surface area (Å²) in [5, 5.41) is 4.29. The molecule has 0 aliphatic heterocycles. The smallest absolute Gasteiger partial charge is 0.131 e. The van der Waals surface area contributed by atoms with E-state index in [0.717, 1.165) is 15.6 Å². The molecular formula is C16H12BrFN2. The monoisotopic (exact) mass is 330 g/mol. The Bertz CT molecular complexity index is 719. The van der Waals surface area contributed by atoms with Gasteiger partial charge >= 0.3 is 0 Å². The van der Waals surface area contributed by atoms with E-state index >= 15 is 0 Å². The first-order valence-electron chi connectivity index (χ1n) is 6.24. The van der Waals surface area contributed by atoms with Crippen LogP contribution < -0.4 is 0 Å². The topological polar surface area (TPSA) is 17.8 Å². The molecule has 0 atom stereocenters. The number of hydrogen-bond acceptors (Lipinski definition) is 1. The average molecular weight is 331 g/mol. The van der Waals surface area contributed by atoms with Crippen molar-refractivity contribution in [2.75, 3.05) is 0 Å². The fraction of sp³-hybridized carbons (Fsp3) is 0.0625. The standard InChI is InChI=1S/C16H12BrFN2/c17-14-7-5-12(6-8-14)10-20-11-13(9-19-20)15-3-1-2-4-16(15)18/h1-9,11H,10H2. The molecular weight excluding hydrogens is 319 g/mol. The van der Waals surface area contributed by atoms with Gasteiger partial charge in [0.1, 0.15) is 5.82 Å². The van der Waals surface area contributed by atoms with Gasteiger partial charge in [-0.25, -0.2) is 4.39 Å². The van der Waals surface area contributed by atoms with Gasteiger partial charge in [-0.2, -0.15) is 5.10 Å². The molecule has 4 heteroatoms. The molecule has 0 amide bonds. The van der Waals surface area contributed by atoms with Crippen molar-refractivity contribution in [1.29, 1.82) is 0 Å². The van der Waals surface area contributed by atoms with Crippen molar-refractivity contribution in [3.63, 3.8) is 0 Å². The zero-order valence-corrected chi connectivity index (χ0v) is 12.2. The van der Waals surface area contributed by atoms with Crippen LogP contribution in [0.15, 0.2) is 65.4 Å². The molecule has 0 bridgehead atoms. The Morgan fingerprint density at radius 3 is 2.55 bits per heavy atom. The van der Waals surface area contributed by atoms with Gasteiger partial charge < -0.3 is 0 Å². The normalized spacial score (nSPS) is 10.7. The third-order valence-electron chi connectivity index (χ3n) is 3.08. The predicted molar refractivity (Wildman–Crippen MR) is 80.9 cm³/mol. The minimum atomic E-state index is -0.226. The van der Waals surface area contributed by atoms with Gasteiger partial charge in [-0.1, -0.05) is 46.3 Å². The minimum absolute atomic E-state index is 0.226. The van der Waals surface area contributed by atoms with Gasteiger partial charge in [-0.05, 0) is 23.8 Å². The molecule has 3 rings (SSSR count). The van der Waals surface area contributed by atoms with Crippen LogP contribution in [0.3, 0.4) is 0 Å². The number of rotatable bonds is 3. The maximum Gasteiger partial charge on any atom is 0.131 e. The summed E-state index contributed by atoms with van der Waals surface area (Å²) in [4.78, 5) is 0. The summed E-state index contributed by atoms with van der Waals surface area (Å²) in [6.45, 7) is 0.668. The predicted octanol–water partition coefficient (Wildman–Crippen LogP) is 4.50. The molecule has 2 nitrogen and oxygen atoms in total. The second-order valence-electron chi connectivity index (χ2n) is 4.53. The first-order chi connectivity index (χ1) is 9.72. The number of aromatic nitrogens is 2. The van der Waals surface area contributed by atoms with E-state index in [4.69, 9.17) is 0 Å². The Labute approximate surface area is 125 Å². The Hall–Kier alpha value is -1.94. The van der Waals surface area contributed by atoms with Crippen molar-refractivity contribution in [2.24, 2.45) is 0 Å². The van der Waals surface area contributed by atoms with E-state index in [1.807, 2.05) is 41.2 Å². The van der Waals surface area contributed by atoms with Gasteiger partial charge in [0.05, 0.1) is 12.7 Å². The lowest BCUT2D eigenvalue weighted by molar-refractivity contribution is 0.631. The lowest BCUT2D eigenvalue weighted by Gasteiger charge is -2.02. The Morgan fingerprint density at radius 2 is 1.80 bits per heavy atom. The van der Waals surface area contributed by atoms with Crippen molar-refractivity contribution in [3.05, 3.63) is 76.8 Å². The summed E-state index contributed by atoms with van der Waals surface area (Å²) >= 11 is 3.41. The SMILES string of the molecule is Fc1ccccc1-c1cnn(Cc2ccc(Br)cc2)c1. The Kier molecular flexibility index (Phi) is 3.65. The molecule has 0 unspecified atom stereocenters. The third kappa shape index (κ3) is 2.80. The van der Waals surface area contributed by atoms with Gasteiger partial charge in [0.25, 0.3) is 0 Å². The summed E-state index contributed by atoms with van der Waals surface area (Å²) in [5.41, 5.74) is 2.52. The number of hydrogen-bond donors (Lipinski definition) is 0. The Balaban J connectivity index is 1.84. The van der Waals surface area contributed by atoms with Crippen LogP contribution >= 0.6 is 15.9 Å². The first kappa shape index (κ1) is 13.1. The quantitative estimate of drug-likeness (QED) is 0.691. The van der Waals surface area contributed by atoms with Crippen LogP contribution in [0.5, 0.6) is 0 Å². The van der Waals surface area contributed by atoms with Crippen LogP contribution in [-0.2, 0) is 6.54 Å².